The van der Waals surface area contributed by atoms with Crippen LogP contribution in [0.3, 0.4) is 0 Å². The van der Waals surface area contributed by atoms with Gasteiger partial charge in [0.25, 0.3) is 0 Å². The molecule has 2 rings (SSSR count). The largest absolute Gasteiger partial charge is 0.493 e. The highest BCUT2D eigenvalue weighted by Crippen LogP contribution is 2.34. The van der Waals surface area contributed by atoms with Gasteiger partial charge in [0.2, 0.25) is 10.0 Å². The summed E-state index contributed by atoms with van der Waals surface area (Å²) < 4.78 is 30.4. The fourth-order valence-electron chi connectivity index (χ4n) is 1.75. The lowest BCUT2D eigenvalue weighted by molar-refractivity contribution is 0.263. The third-order valence-electron chi connectivity index (χ3n) is 2.37. The molecule has 0 saturated heterocycles. The van der Waals surface area contributed by atoms with Gasteiger partial charge in [-0.3, -0.25) is 0 Å². The SMILES string of the molecule is CS(=O)(=O)NC1CCOc2ccc(Cl)cc21. The number of fused-ring (bicyclic) bond motifs is 1. The maximum Gasteiger partial charge on any atom is 0.209 e. The minimum atomic E-state index is -3.23. The molecule has 1 unspecified atom stereocenters. The highest BCUT2D eigenvalue weighted by Gasteiger charge is 2.24. The first-order valence-corrected chi connectivity index (χ1v) is 7.12. The first-order valence-electron chi connectivity index (χ1n) is 4.85. The van der Waals surface area contributed by atoms with Gasteiger partial charge in [0, 0.05) is 17.0 Å². The van der Waals surface area contributed by atoms with Gasteiger partial charge < -0.3 is 4.74 Å². The lowest BCUT2D eigenvalue weighted by Crippen LogP contribution is -2.31. The molecular weight excluding hydrogens is 250 g/mol. The van der Waals surface area contributed by atoms with Crippen molar-refractivity contribution in [3.63, 3.8) is 0 Å². The van der Waals surface area contributed by atoms with Gasteiger partial charge in [-0.25, -0.2) is 13.1 Å². The highest BCUT2D eigenvalue weighted by molar-refractivity contribution is 7.88. The molecule has 0 bridgehead atoms. The Bertz CT molecular complexity index is 501. The van der Waals surface area contributed by atoms with E-state index in [0.29, 0.717) is 23.8 Å². The van der Waals surface area contributed by atoms with Gasteiger partial charge in [0.1, 0.15) is 5.75 Å². The van der Waals surface area contributed by atoms with Crippen molar-refractivity contribution in [2.45, 2.75) is 12.5 Å². The molecule has 4 nitrogen and oxygen atoms in total. The number of nitrogens with one attached hydrogen (secondary N) is 1. The molecule has 0 aliphatic carbocycles. The van der Waals surface area contributed by atoms with Crippen LogP contribution in [-0.2, 0) is 10.0 Å². The number of sulfonamides is 1. The predicted molar refractivity (Wildman–Crippen MR) is 62.3 cm³/mol. The normalized spacial score (nSPS) is 20.0. The van der Waals surface area contributed by atoms with Crippen LogP contribution in [0.25, 0.3) is 0 Å². The van der Waals surface area contributed by atoms with Crippen molar-refractivity contribution in [2.75, 3.05) is 12.9 Å². The van der Waals surface area contributed by atoms with E-state index in [1.165, 1.54) is 0 Å². The molecule has 1 aliphatic rings. The highest BCUT2D eigenvalue weighted by atomic mass is 35.5. The maximum atomic E-state index is 11.2. The van der Waals surface area contributed by atoms with Crippen LogP contribution >= 0.6 is 11.6 Å². The molecule has 0 fully saturated rings. The summed E-state index contributed by atoms with van der Waals surface area (Å²) in [6.07, 6.45) is 1.76. The minimum absolute atomic E-state index is 0.252. The van der Waals surface area contributed by atoms with Gasteiger partial charge in [-0.1, -0.05) is 11.6 Å². The summed E-state index contributed by atoms with van der Waals surface area (Å²) in [6, 6.07) is 4.97. The van der Waals surface area contributed by atoms with E-state index in [1.54, 1.807) is 18.2 Å². The van der Waals surface area contributed by atoms with Gasteiger partial charge >= 0.3 is 0 Å². The van der Waals surface area contributed by atoms with E-state index in [1.807, 2.05) is 0 Å². The standard InChI is InChI=1S/C10H12ClNO3S/c1-16(13,14)12-9-4-5-15-10-3-2-7(11)6-8(9)10/h2-3,6,9,12H,4-5H2,1H3. The van der Waals surface area contributed by atoms with E-state index in [2.05, 4.69) is 4.72 Å². The first-order chi connectivity index (χ1) is 7.46. The van der Waals surface area contributed by atoms with E-state index in [-0.39, 0.29) is 6.04 Å². The number of benzene rings is 1. The molecule has 1 aliphatic heterocycles. The Balaban J connectivity index is 2.35. The number of hydrogen-bond donors (Lipinski definition) is 1. The lowest BCUT2D eigenvalue weighted by Gasteiger charge is -2.26. The molecule has 0 amide bonds. The molecule has 6 heteroatoms. The Kier molecular flexibility index (Phi) is 3.10. The van der Waals surface area contributed by atoms with Crippen LogP contribution in [0.5, 0.6) is 5.75 Å². The second-order valence-corrected chi connectivity index (χ2v) is 5.98. The van der Waals surface area contributed by atoms with Crippen molar-refractivity contribution in [2.24, 2.45) is 0 Å². The second kappa shape index (κ2) is 4.24. The molecular formula is C10H12ClNO3S. The minimum Gasteiger partial charge on any atom is -0.493 e. The molecule has 1 heterocycles. The summed E-state index contributed by atoms with van der Waals surface area (Å²) in [6.45, 7) is 0.502. The molecule has 0 spiro atoms. The molecule has 16 heavy (non-hydrogen) atoms. The zero-order chi connectivity index (χ0) is 11.8. The van der Waals surface area contributed by atoms with E-state index >= 15 is 0 Å². The number of hydrogen-bond acceptors (Lipinski definition) is 3. The fraction of sp³-hybridized carbons (Fsp3) is 0.400. The van der Waals surface area contributed by atoms with E-state index < -0.39 is 10.0 Å². The number of rotatable bonds is 2. The zero-order valence-corrected chi connectivity index (χ0v) is 10.3. The molecule has 1 aromatic carbocycles. The second-order valence-electron chi connectivity index (χ2n) is 3.76. The number of ether oxygens (including phenoxy) is 1. The van der Waals surface area contributed by atoms with Gasteiger partial charge in [-0.05, 0) is 18.2 Å². The van der Waals surface area contributed by atoms with Crippen LogP contribution in [0.15, 0.2) is 18.2 Å². The topological polar surface area (TPSA) is 55.4 Å². The first kappa shape index (κ1) is 11.7. The predicted octanol–water partition coefficient (Wildman–Crippen LogP) is 1.71. The van der Waals surface area contributed by atoms with Crippen molar-refractivity contribution >= 4 is 21.6 Å². The molecule has 0 aromatic heterocycles. The van der Waals surface area contributed by atoms with Crippen molar-refractivity contribution in [1.82, 2.24) is 4.72 Å². The van der Waals surface area contributed by atoms with Crippen LogP contribution in [0.1, 0.15) is 18.0 Å². The molecule has 0 saturated carbocycles. The van der Waals surface area contributed by atoms with Crippen LogP contribution in [0.4, 0.5) is 0 Å². The average Bonchev–Trinajstić information content (AvgIpc) is 2.17. The molecule has 1 aromatic rings. The molecule has 0 radical (unpaired) electrons. The summed E-state index contributed by atoms with van der Waals surface area (Å²) in [5.74, 6) is 0.691. The van der Waals surface area contributed by atoms with E-state index in [4.69, 9.17) is 16.3 Å². The van der Waals surface area contributed by atoms with Gasteiger partial charge in [-0.15, -0.1) is 0 Å². The zero-order valence-electron chi connectivity index (χ0n) is 8.73. The van der Waals surface area contributed by atoms with Crippen LogP contribution in [-0.4, -0.2) is 21.3 Å². The Labute approximate surface area is 99.6 Å². The summed E-state index contributed by atoms with van der Waals surface area (Å²) in [5, 5.41) is 0.574. The molecule has 1 atom stereocenters. The van der Waals surface area contributed by atoms with Crippen molar-refractivity contribution in [3.8, 4) is 5.75 Å². The third-order valence-corrected chi connectivity index (χ3v) is 3.32. The Morgan fingerprint density at radius 1 is 1.50 bits per heavy atom. The third kappa shape index (κ3) is 2.66. The summed E-state index contributed by atoms with van der Waals surface area (Å²) in [5.41, 5.74) is 0.796. The van der Waals surface area contributed by atoms with E-state index in [0.717, 1.165) is 11.8 Å². The van der Waals surface area contributed by atoms with E-state index in [9.17, 15) is 8.42 Å². The van der Waals surface area contributed by atoms with Crippen LogP contribution < -0.4 is 9.46 Å². The Morgan fingerprint density at radius 2 is 2.25 bits per heavy atom. The van der Waals surface area contributed by atoms with Crippen LogP contribution in [0, 0.1) is 0 Å². The quantitative estimate of drug-likeness (QED) is 0.882. The molecule has 1 N–H and O–H groups in total. The summed E-state index contributed by atoms with van der Waals surface area (Å²) >= 11 is 5.88. The average molecular weight is 262 g/mol. The van der Waals surface area contributed by atoms with Crippen molar-refractivity contribution in [1.29, 1.82) is 0 Å². The monoisotopic (exact) mass is 261 g/mol. The van der Waals surface area contributed by atoms with Crippen molar-refractivity contribution in [3.05, 3.63) is 28.8 Å². The van der Waals surface area contributed by atoms with Crippen LogP contribution in [0.2, 0.25) is 5.02 Å². The Hall–Kier alpha value is -0.780. The van der Waals surface area contributed by atoms with Gasteiger partial charge in [0.05, 0.1) is 18.9 Å². The Morgan fingerprint density at radius 3 is 2.94 bits per heavy atom. The summed E-state index contributed by atoms with van der Waals surface area (Å²) in [7, 11) is -3.23. The maximum absolute atomic E-state index is 11.2. The smallest absolute Gasteiger partial charge is 0.209 e. The number of halogens is 1. The van der Waals surface area contributed by atoms with Gasteiger partial charge in [0.15, 0.2) is 0 Å². The summed E-state index contributed by atoms with van der Waals surface area (Å²) in [4.78, 5) is 0. The van der Waals surface area contributed by atoms with Gasteiger partial charge in [-0.2, -0.15) is 0 Å². The fourth-order valence-corrected chi connectivity index (χ4v) is 2.69. The van der Waals surface area contributed by atoms with Crippen molar-refractivity contribution < 1.29 is 13.2 Å². The lowest BCUT2D eigenvalue weighted by atomic mass is 10.0. The molecule has 88 valence electrons.